The number of hydrogen-bond acceptors (Lipinski definition) is 4. The summed E-state index contributed by atoms with van der Waals surface area (Å²) in [5.74, 6) is 2.07. The Bertz CT molecular complexity index is 1130. The molecule has 7 heteroatoms. The van der Waals surface area contributed by atoms with Crippen LogP contribution in [0.1, 0.15) is 41.6 Å². The molecule has 3 atom stereocenters. The number of para-hydroxylation sites is 1. The van der Waals surface area contributed by atoms with Gasteiger partial charge in [-0.25, -0.2) is 0 Å². The van der Waals surface area contributed by atoms with Crippen molar-refractivity contribution in [3.63, 3.8) is 0 Å². The lowest BCUT2D eigenvalue weighted by molar-refractivity contribution is 0.0943. The van der Waals surface area contributed by atoms with Gasteiger partial charge in [-0.05, 0) is 73.1 Å². The molecule has 32 heavy (non-hydrogen) atoms. The number of benzene rings is 2. The number of nitrogens with one attached hydrogen (secondary N) is 3. The van der Waals surface area contributed by atoms with E-state index in [1.165, 1.54) is 25.7 Å². The first-order chi connectivity index (χ1) is 15.7. The zero-order chi connectivity index (χ0) is 21.9. The van der Waals surface area contributed by atoms with Crippen molar-refractivity contribution in [1.82, 2.24) is 21.2 Å². The summed E-state index contributed by atoms with van der Waals surface area (Å²) in [5, 5.41) is 4.87. The number of nitrogens with zero attached hydrogens (tertiary/aromatic N) is 1. The van der Waals surface area contributed by atoms with Gasteiger partial charge in [-0.3, -0.25) is 20.6 Å². The maximum Gasteiger partial charge on any atom is 0.269 e. The fourth-order valence-corrected chi connectivity index (χ4v) is 5.12. The van der Waals surface area contributed by atoms with E-state index in [1.54, 1.807) is 18.3 Å². The van der Waals surface area contributed by atoms with Crippen LogP contribution in [-0.2, 0) is 6.61 Å². The van der Waals surface area contributed by atoms with Crippen LogP contribution in [0.2, 0.25) is 0 Å². The summed E-state index contributed by atoms with van der Waals surface area (Å²) < 4.78 is 5.97. The Labute approximate surface area is 192 Å². The number of carbonyl (C=O) groups excluding carboxylic acids is 1. The minimum absolute atomic E-state index is 0.229. The minimum atomic E-state index is -0.229. The van der Waals surface area contributed by atoms with Crippen LogP contribution < -0.4 is 20.9 Å². The number of thiocarbonyl (C=S) groups is 1. The summed E-state index contributed by atoms with van der Waals surface area (Å²) in [6.45, 7) is 0.396. The van der Waals surface area contributed by atoms with Gasteiger partial charge in [0, 0.05) is 23.2 Å². The van der Waals surface area contributed by atoms with Crippen LogP contribution in [0.3, 0.4) is 0 Å². The normalized spacial score (nSPS) is 21.3. The second-order valence-corrected chi connectivity index (χ2v) is 9.06. The van der Waals surface area contributed by atoms with Crippen molar-refractivity contribution in [2.24, 2.45) is 11.8 Å². The van der Waals surface area contributed by atoms with E-state index in [1.807, 2.05) is 42.5 Å². The summed E-state index contributed by atoms with van der Waals surface area (Å²) in [6.07, 6.45) is 6.87. The van der Waals surface area contributed by atoms with Crippen molar-refractivity contribution in [2.45, 2.75) is 38.3 Å². The van der Waals surface area contributed by atoms with Crippen LogP contribution in [0.4, 0.5) is 0 Å². The highest BCUT2D eigenvalue weighted by Gasteiger charge is 2.39. The lowest BCUT2D eigenvalue weighted by atomic mass is 9.96. The minimum Gasteiger partial charge on any atom is -0.487 e. The first kappa shape index (κ1) is 20.7. The van der Waals surface area contributed by atoms with Gasteiger partial charge < -0.3 is 10.1 Å². The van der Waals surface area contributed by atoms with E-state index in [4.69, 9.17) is 17.0 Å². The predicted octanol–water partition coefficient (Wildman–Crippen LogP) is 4.11. The molecular formula is C25H26N4O2S. The Morgan fingerprint density at radius 2 is 1.88 bits per heavy atom. The second kappa shape index (κ2) is 9.12. The van der Waals surface area contributed by atoms with Crippen molar-refractivity contribution in [2.75, 3.05) is 0 Å². The number of aromatic nitrogens is 1. The molecule has 0 unspecified atom stereocenters. The smallest absolute Gasteiger partial charge is 0.269 e. The van der Waals surface area contributed by atoms with Gasteiger partial charge in [0.25, 0.3) is 5.91 Å². The number of ether oxygens (including phenoxy) is 1. The van der Waals surface area contributed by atoms with E-state index in [0.29, 0.717) is 23.3 Å². The highest BCUT2D eigenvalue weighted by Crippen LogP contribution is 2.44. The van der Waals surface area contributed by atoms with Crippen LogP contribution in [0, 0.1) is 11.8 Å². The SMILES string of the molecule is O=C(NNC(=S)N[C@H]1C[C@H]2CC[C@@H]1C2)c1ccc(COc2cccc3cccnc23)cc1. The topological polar surface area (TPSA) is 75.3 Å². The number of rotatable bonds is 5. The molecule has 2 aliphatic carbocycles. The van der Waals surface area contributed by atoms with Crippen LogP contribution in [0.5, 0.6) is 5.75 Å². The van der Waals surface area contributed by atoms with E-state index in [2.05, 4.69) is 21.2 Å². The monoisotopic (exact) mass is 446 g/mol. The molecular weight excluding hydrogens is 420 g/mol. The number of pyridine rings is 1. The molecule has 1 heterocycles. The number of amides is 1. The van der Waals surface area contributed by atoms with E-state index in [0.717, 1.165) is 34.1 Å². The molecule has 0 saturated heterocycles. The van der Waals surface area contributed by atoms with Crippen molar-refractivity contribution >= 4 is 34.1 Å². The fraction of sp³-hybridized carbons (Fsp3) is 0.320. The predicted molar refractivity (Wildman–Crippen MR) is 128 cm³/mol. The Balaban J connectivity index is 1.11. The standard InChI is InChI=1S/C25H26N4O2S/c30-24(28-29-25(32)27-21-14-17-8-11-20(21)13-17)19-9-6-16(7-10-19)15-31-22-5-1-3-18-4-2-12-26-23(18)22/h1-7,9-10,12,17,20-21H,8,11,13-15H2,(H,28,30)(H2,27,29,32)/t17-,20+,21-/m0/s1. The van der Waals surface area contributed by atoms with E-state index >= 15 is 0 Å². The first-order valence-corrected chi connectivity index (χ1v) is 11.5. The number of hydrazine groups is 1. The van der Waals surface area contributed by atoms with Crippen LogP contribution in [0.25, 0.3) is 10.9 Å². The zero-order valence-corrected chi connectivity index (χ0v) is 18.5. The Kier molecular flexibility index (Phi) is 5.90. The quantitative estimate of drug-likeness (QED) is 0.405. The third kappa shape index (κ3) is 4.53. The highest BCUT2D eigenvalue weighted by atomic mass is 32.1. The van der Waals surface area contributed by atoms with Gasteiger partial charge in [0.1, 0.15) is 17.9 Å². The van der Waals surface area contributed by atoms with Crippen LogP contribution in [-0.4, -0.2) is 22.0 Å². The second-order valence-electron chi connectivity index (χ2n) is 8.65. The average molecular weight is 447 g/mol. The van der Waals surface area contributed by atoms with Gasteiger partial charge in [-0.1, -0.05) is 36.8 Å². The molecule has 2 aromatic carbocycles. The van der Waals surface area contributed by atoms with Gasteiger partial charge in [0.05, 0.1) is 0 Å². The van der Waals surface area contributed by atoms with E-state index in [9.17, 15) is 4.79 Å². The summed E-state index contributed by atoms with van der Waals surface area (Å²) in [6, 6.07) is 17.6. The first-order valence-electron chi connectivity index (χ1n) is 11.1. The van der Waals surface area contributed by atoms with Crippen molar-refractivity contribution < 1.29 is 9.53 Å². The average Bonchev–Trinajstić information content (AvgIpc) is 3.45. The molecule has 3 N–H and O–H groups in total. The molecule has 0 radical (unpaired) electrons. The maximum absolute atomic E-state index is 12.5. The molecule has 2 fully saturated rings. The number of hydrogen-bond donors (Lipinski definition) is 3. The zero-order valence-electron chi connectivity index (χ0n) is 17.7. The maximum atomic E-state index is 12.5. The third-order valence-electron chi connectivity index (χ3n) is 6.55. The fourth-order valence-electron chi connectivity index (χ4n) is 4.92. The largest absolute Gasteiger partial charge is 0.487 e. The van der Waals surface area contributed by atoms with Crippen LogP contribution >= 0.6 is 12.2 Å². The molecule has 5 rings (SSSR count). The van der Waals surface area contributed by atoms with Gasteiger partial charge in [-0.15, -0.1) is 0 Å². The van der Waals surface area contributed by atoms with Gasteiger partial charge in [0.15, 0.2) is 5.11 Å². The van der Waals surface area contributed by atoms with Crippen LogP contribution in [0.15, 0.2) is 60.8 Å². The van der Waals surface area contributed by atoms with Gasteiger partial charge in [-0.2, -0.15) is 0 Å². The highest BCUT2D eigenvalue weighted by molar-refractivity contribution is 7.80. The van der Waals surface area contributed by atoms with Gasteiger partial charge in [0.2, 0.25) is 0 Å². The molecule has 0 spiro atoms. The van der Waals surface area contributed by atoms with E-state index < -0.39 is 0 Å². The molecule has 2 aliphatic rings. The molecule has 6 nitrogen and oxygen atoms in total. The molecule has 1 aromatic heterocycles. The van der Waals surface area contributed by atoms with Crippen molar-refractivity contribution in [3.8, 4) is 5.75 Å². The Morgan fingerprint density at radius 1 is 1.03 bits per heavy atom. The third-order valence-corrected chi connectivity index (χ3v) is 6.77. The summed E-state index contributed by atoms with van der Waals surface area (Å²) in [7, 11) is 0. The molecule has 1 amide bonds. The molecule has 3 aromatic rings. The van der Waals surface area contributed by atoms with Crippen molar-refractivity contribution in [3.05, 3.63) is 71.9 Å². The summed E-state index contributed by atoms with van der Waals surface area (Å²) in [5.41, 5.74) is 7.88. The lowest BCUT2D eigenvalue weighted by Gasteiger charge is -2.24. The molecule has 2 bridgehead atoms. The lowest BCUT2D eigenvalue weighted by Crippen LogP contribution is -2.50. The molecule has 0 aliphatic heterocycles. The summed E-state index contributed by atoms with van der Waals surface area (Å²) >= 11 is 5.35. The number of carbonyl (C=O) groups is 1. The van der Waals surface area contributed by atoms with Gasteiger partial charge >= 0.3 is 0 Å². The molecule has 164 valence electrons. The molecule has 2 saturated carbocycles. The Morgan fingerprint density at radius 3 is 2.66 bits per heavy atom. The summed E-state index contributed by atoms with van der Waals surface area (Å²) in [4.78, 5) is 16.9. The Hall–Kier alpha value is -3.19. The number of fused-ring (bicyclic) bond motifs is 3. The van der Waals surface area contributed by atoms with E-state index in [-0.39, 0.29) is 5.91 Å². The van der Waals surface area contributed by atoms with Crippen molar-refractivity contribution in [1.29, 1.82) is 0 Å².